The number of hydrogen-bond acceptors (Lipinski definition) is 3. The Bertz CT molecular complexity index is 321. The van der Waals surface area contributed by atoms with Crippen LogP contribution in [0.2, 0.25) is 0 Å². The molecule has 2 atom stereocenters. The van der Waals surface area contributed by atoms with Crippen molar-refractivity contribution in [2.24, 2.45) is 0 Å². The van der Waals surface area contributed by atoms with Gasteiger partial charge in [-0.3, -0.25) is 0 Å². The van der Waals surface area contributed by atoms with Crippen LogP contribution < -0.4 is 0 Å². The van der Waals surface area contributed by atoms with E-state index in [1.807, 2.05) is 0 Å². The van der Waals surface area contributed by atoms with Crippen molar-refractivity contribution < 1.29 is 5.11 Å². The highest BCUT2D eigenvalue weighted by atomic mass is 32.1. The Kier molecular flexibility index (Phi) is 2.88. The fourth-order valence-electron chi connectivity index (χ4n) is 1.80. The first kappa shape index (κ1) is 10.1. The van der Waals surface area contributed by atoms with Crippen LogP contribution in [0, 0.1) is 0 Å². The highest BCUT2D eigenvalue weighted by molar-refractivity contribution is 7.11. The van der Waals surface area contributed by atoms with Crippen molar-refractivity contribution >= 4 is 11.3 Å². The predicted octanol–water partition coefficient (Wildman–Crippen LogP) is 3.03. The Labute approximate surface area is 89.0 Å². The molecule has 78 valence electrons. The van der Waals surface area contributed by atoms with Crippen LogP contribution in [0.1, 0.15) is 60.7 Å². The topological polar surface area (TPSA) is 33.1 Å². The molecule has 2 rings (SSSR count). The molecule has 0 fully saturated rings. The van der Waals surface area contributed by atoms with Gasteiger partial charge in [-0.05, 0) is 25.7 Å². The third-order valence-electron chi connectivity index (χ3n) is 2.97. The Hall–Kier alpha value is -0.410. The molecule has 1 aliphatic carbocycles. The normalized spacial score (nSPS) is 23.2. The van der Waals surface area contributed by atoms with E-state index in [0.29, 0.717) is 5.92 Å². The van der Waals surface area contributed by atoms with E-state index >= 15 is 0 Å². The van der Waals surface area contributed by atoms with Crippen molar-refractivity contribution in [3.63, 3.8) is 0 Å². The molecule has 1 aliphatic rings. The Morgan fingerprint density at radius 2 is 2.43 bits per heavy atom. The first-order valence-electron chi connectivity index (χ1n) is 5.40. The lowest BCUT2D eigenvalue weighted by molar-refractivity contribution is 0.160. The van der Waals surface area contributed by atoms with E-state index in [4.69, 9.17) is 0 Å². The molecule has 1 aromatic heterocycles. The summed E-state index contributed by atoms with van der Waals surface area (Å²) in [7, 11) is 0. The van der Waals surface area contributed by atoms with Gasteiger partial charge in [0.05, 0.1) is 21.7 Å². The number of thiazole rings is 1. The average Bonchev–Trinajstić information content (AvgIpc) is 2.62. The van der Waals surface area contributed by atoms with E-state index in [2.05, 4.69) is 18.8 Å². The highest BCUT2D eigenvalue weighted by Gasteiger charge is 2.23. The monoisotopic (exact) mass is 211 g/mol. The van der Waals surface area contributed by atoms with Crippen molar-refractivity contribution in [1.82, 2.24) is 4.98 Å². The number of rotatable bonds is 2. The molecule has 0 spiro atoms. The lowest BCUT2D eigenvalue weighted by Crippen LogP contribution is -2.06. The molecule has 0 radical (unpaired) electrons. The molecular formula is C11H17NOS. The molecule has 14 heavy (non-hydrogen) atoms. The minimum absolute atomic E-state index is 0.242. The molecule has 0 saturated heterocycles. The Morgan fingerprint density at radius 3 is 3.07 bits per heavy atom. The molecule has 0 saturated carbocycles. The SMILES string of the molecule is CCC(C)c1nc2c(s1)C(O)CCC2. The van der Waals surface area contributed by atoms with Crippen LogP contribution in [0.5, 0.6) is 0 Å². The van der Waals surface area contributed by atoms with Gasteiger partial charge in [0.2, 0.25) is 0 Å². The van der Waals surface area contributed by atoms with Gasteiger partial charge in [0.1, 0.15) is 0 Å². The maximum atomic E-state index is 9.80. The van der Waals surface area contributed by atoms with Crippen molar-refractivity contribution in [2.45, 2.75) is 51.6 Å². The number of aromatic nitrogens is 1. The van der Waals surface area contributed by atoms with E-state index in [0.717, 1.165) is 36.3 Å². The molecule has 1 N–H and O–H groups in total. The first-order valence-corrected chi connectivity index (χ1v) is 6.21. The Morgan fingerprint density at radius 1 is 1.64 bits per heavy atom. The van der Waals surface area contributed by atoms with Gasteiger partial charge in [0.15, 0.2) is 0 Å². The largest absolute Gasteiger partial charge is 0.388 e. The van der Waals surface area contributed by atoms with Crippen molar-refractivity contribution in [3.8, 4) is 0 Å². The summed E-state index contributed by atoms with van der Waals surface area (Å²) < 4.78 is 0. The molecule has 0 bridgehead atoms. The van der Waals surface area contributed by atoms with Crippen LogP contribution >= 0.6 is 11.3 Å². The van der Waals surface area contributed by atoms with Gasteiger partial charge in [0.25, 0.3) is 0 Å². The van der Waals surface area contributed by atoms with Gasteiger partial charge < -0.3 is 5.11 Å². The fourth-order valence-corrected chi connectivity index (χ4v) is 3.07. The molecule has 0 aliphatic heterocycles. The Balaban J connectivity index is 2.30. The third kappa shape index (κ3) is 1.71. The number of nitrogens with zero attached hydrogens (tertiary/aromatic N) is 1. The number of aliphatic hydroxyl groups excluding tert-OH is 1. The number of hydrogen-bond donors (Lipinski definition) is 1. The van der Waals surface area contributed by atoms with Gasteiger partial charge in [-0.1, -0.05) is 13.8 Å². The summed E-state index contributed by atoms with van der Waals surface area (Å²) in [5, 5.41) is 11.0. The lowest BCUT2D eigenvalue weighted by Gasteiger charge is -2.14. The van der Waals surface area contributed by atoms with Gasteiger partial charge in [-0.15, -0.1) is 11.3 Å². The molecule has 2 unspecified atom stereocenters. The third-order valence-corrected chi connectivity index (χ3v) is 4.40. The van der Waals surface area contributed by atoms with Gasteiger partial charge in [-0.2, -0.15) is 0 Å². The fraction of sp³-hybridized carbons (Fsp3) is 0.727. The second-order valence-corrected chi connectivity index (χ2v) is 5.14. The summed E-state index contributed by atoms with van der Waals surface area (Å²) in [4.78, 5) is 5.76. The van der Waals surface area contributed by atoms with E-state index in [-0.39, 0.29) is 6.10 Å². The predicted molar refractivity (Wildman–Crippen MR) is 58.7 cm³/mol. The van der Waals surface area contributed by atoms with Gasteiger partial charge >= 0.3 is 0 Å². The van der Waals surface area contributed by atoms with Gasteiger partial charge in [-0.25, -0.2) is 4.98 Å². The maximum absolute atomic E-state index is 9.80. The van der Waals surface area contributed by atoms with Crippen molar-refractivity contribution in [3.05, 3.63) is 15.6 Å². The summed E-state index contributed by atoms with van der Waals surface area (Å²) in [6.07, 6.45) is 3.93. The molecule has 1 heterocycles. The second-order valence-electron chi connectivity index (χ2n) is 4.08. The van der Waals surface area contributed by atoms with E-state index in [1.54, 1.807) is 11.3 Å². The number of aliphatic hydroxyl groups is 1. The summed E-state index contributed by atoms with van der Waals surface area (Å²) in [5.41, 5.74) is 1.16. The van der Waals surface area contributed by atoms with E-state index in [9.17, 15) is 5.11 Å². The van der Waals surface area contributed by atoms with Crippen molar-refractivity contribution in [1.29, 1.82) is 0 Å². The first-order chi connectivity index (χ1) is 6.72. The molecule has 1 aromatic rings. The van der Waals surface area contributed by atoms with E-state index < -0.39 is 0 Å². The van der Waals surface area contributed by atoms with Crippen LogP contribution in [0.15, 0.2) is 0 Å². The summed E-state index contributed by atoms with van der Waals surface area (Å²) >= 11 is 1.72. The standard InChI is InChI=1S/C11H17NOS/c1-3-7(2)11-12-8-5-4-6-9(13)10(8)14-11/h7,9,13H,3-6H2,1-2H3. The highest BCUT2D eigenvalue weighted by Crippen LogP contribution is 2.36. The quantitative estimate of drug-likeness (QED) is 0.815. The summed E-state index contributed by atoms with van der Waals surface area (Å²) in [6, 6.07) is 0. The van der Waals surface area contributed by atoms with Crippen LogP contribution in [0.3, 0.4) is 0 Å². The molecule has 2 nitrogen and oxygen atoms in total. The maximum Gasteiger partial charge on any atom is 0.0960 e. The van der Waals surface area contributed by atoms with Gasteiger partial charge in [0, 0.05) is 5.92 Å². The summed E-state index contributed by atoms with van der Waals surface area (Å²) in [6.45, 7) is 4.39. The van der Waals surface area contributed by atoms with Crippen LogP contribution in [-0.4, -0.2) is 10.1 Å². The molecular weight excluding hydrogens is 194 g/mol. The zero-order valence-corrected chi connectivity index (χ0v) is 9.60. The summed E-state index contributed by atoms with van der Waals surface area (Å²) in [5.74, 6) is 0.540. The molecule has 0 aromatic carbocycles. The number of aryl methyl sites for hydroxylation is 1. The zero-order chi connectivity index (χ0) is 10.1. The van der Waals surface area contributed by atoms with Crippen molar-refractivity contribution in [2.75, 3.05) is 0 Å². The minimum atomic E-state index is -0.242. The van der Waals surface area contributed by atoms with E-state index in [1.165, 1.54) is 5.01 Å². The van der Waals surface area contributed by atoms with Crippen LogP contribution in [-0.2, 0) is 6.42 Å². The second kappa shape index (κ2) is 3.99. The molecule has 3 heteroatoms. The van der Waals surface area contributed by atoms with Crippen LogP contribution in [0.25, 0.3) is 0 Å². The minimum Gasteiger partial charge on any atom is -0.388 e. The van der Waals surface area contributed by atoms with Crippen LogP contribution in [0.4, 0.5) is 0 Å². The number of fused-ring (bicyclic) bond motifs is 1. The molecule has 0 amide bonds. The average molecular weight is 211 g/mol. The lowest BCUT2D eigenvalue weighted by atomic mass is 10.0. The smallest absolute Gasteiger partial charge is 0.0960 e. The zero-order valence-electron chi connectivity index (χ0n) is 8.79.